The summed E-state index contributed by atoms with van der Waals surface area (Å²) >= 11 is 1.71. The van der Waals surface area contributed by atoms with Crippen molar-refractivity contribution in [1.29, 1.82) is 0 Å². The Morgan fingerprint density at radius 2 is 2.13 bits per heavy atom. The Morgan fingerprint density at radius 1 is 1.43 bits per heavy atom. The first-order valence-corrected chi connectivity index (χ1v) is 9.33. The zero-order chi connectivity index (χ0) is 17.0. The second kappa shape index (κ2) is 8.37. The first-order valence-electron chi connectivity index (χ1n) is 8.28. The highest BCUT2D eigenvalue weighted by Crippen LogP contribution is 2.29. The minimum absolute atomic E-state index is 0.0220. The van der Waals surface area contributed by atoms with Gasteiger partial charge in [-0.3, -0.25) is 0 Å². The summed E-state index contributed by atoms with van der Waals surface area (Å²) in [4.78, 5) is 8.41. The molecule has 1 N–H and O–H groups in total. The van der Waals surface area contributed by atoms with Gasteiger partial charge in [-0.15, -0.1) is 11.8 Å². The molecular formula is C16H29N3O3S. The minimum atomic E-state index is -0.911. The molecule has 2 rings (SSSR count). The van der Waals surface area contributed by atoms with Crippen LogP contribution in [0.25, 0.3) is 0 Å². The number of amidine groups is 1. The molecule has 0 aromatic rings. The van der Waals surface area contributed by atoms with Gasteiger partial charge >= 0.3 is 0 Å². The fraction of sp³-hybridized carbons (Fsp3) is 0.812. The van der Waals surface area contributed by atoms with Gasteiger partial charge in [0.05, 0.1) is 6.61 Å². The van der Waals surface area contributed by atoms with Crippen molar-refractivity contribution in [3.63, 3.8) is 0 Å². The highest BCUT2D eigenvalue weighted by Gasteiger charge is 2.34. The summed E-state index contributed by atoms with van der Waals surface area (Å²) in [7, 11) is 0. The van der Waals surface area contributed by atoms with Crippen LogP contribution in [-0.4, -0.2) is 69.8 Å². The molecular weight excluding hydrogens is 314 g/mol. The minimum Gasteiger partial charge on any atom is -0.378 e. The van der Waals surface area contributed by atoms with Gasteiger partial charge in [0.1, 0.15) is 17.5 Å². The number of thioether (sulfide) groups is 1. The predicted octanol–water partition coefficient (Wildman–Crippen LogP) is 2.06. The zero-order valence-corrected chi connectivity index (χ0v) is 15.5. The number of aliphatic hydroxyl groups is 1. The van der Waals surface area contributed by atoms with Crippen molar-refractivity contribution in [2.24, 2.45) is 4.99 Å². The molecule has 1 fully saturated rings. The lowest BCUT2D eigenvalue weighted by molar-refractivity contribution is -0.102. The molecule has 7 heteroatoms. The van der Waals surface area contributed by atoms with Crippen molar-refractivity contribution in [3.05, 3.63) is 12.3 Å². The molecule has 0 amide bonds. The van der Waals surface area contributed by atoms with E-state index in [0.717, 1.165) is 11.6 Å². The maximum absolute atomic E-state index is 10.4. The third-order valence-electron chi connectivity index (χ3n) is 3.81. The molecule has 6 nitrogen and oxygen atoms in total. The van der Waals surface area contributed by atoms with Crippen molar-refractivity contribution in [2.45, 2.75) is 64.7 Å². The highest BCUT2D eigenvalue weighted by atomic mass is 32.2. The number of rotatable bonds is 6. The molecule has 132 valence electrons. The lowest BCUT2D eigenvalue weighted by Crippen LogP contribution is -2.47. The van der Waals surface area contributed by atoms with Crippen LogP contribution in [0.2, 0.25) is 0 Å². The van der Waals surface area contributed by atoms with Crippen LogP contribution in [0.1, 0.15) is 34.6 Å². The average molecular weight is 343 g/mol. The fourth-order valence-electron chi connectivity index (χ4n) is 2.88. The molecule has 0 radical (unpaired) electrons. The SMILES string of the molecule is CCOC[C@H]1O[C@@H](N2C=CC(N(C(C)C)C(C)C)=NC2O)CS1. The summed E-state index contributed by atoms with van der Waals surface area (Å²) < 4.78 is 11.3. The maximum Gasteiger partial charge on any atom is 0.229 e. The summed E-state index contributed by atoms with van der Waals surface area (Å²) in [6.45, 7) is 11.8. The Kier molecular flexibility index (Phi) is 6.76. The molecule has 0 spiro atoms. The van der Waals surface area contributed by atoms with E-state index in [1.165, 1.54) is 0 Å². The largest absolute Gasteiger partial charge is 0.378 e. The standard InChI is InChI=1S/C16H29N3O3S/c1-6-21-9-15-22-14(10-23-15)18-8-7-13(17-16(18)20)19(11(2)3)12(4)5/h7-8,11-12,14-16,20H,6,9-10H2,1-5H3/t14-,15+,16?/m1/s1. The summed E-state index contributed by atoms with van der Waals surface area (Å²) in [5.74, 6) is 1.61. The topological polar surface area (TPSA) is 57.5 Å². The molecule has 0 aromatic heterocycles. The second-order valence-corrected chi connectivity index (χ2v) is 7.40. The second-order valence-electron chi connectivity index (χ2n) is 6.20. The van der Waals surface area contributed by atoms with Crippen LogP contribution >= 0.6 is 11.8 Å². The van der Waals surface area contributed by atoms with E-state index >= 15 is 0 Å². The Morgan fingerprint density at radius 3 is 2.70 bits per heavy atom. The molecule has 0 bridgehead atoms. The van der Waals surface area contributed by atoms with Crippen molar-refractivity contribution in [1.82, 2.24) is 9.80 Å². The predicted molar refractivity (Wildman–Crippen MR) is 94.1 cm³/mol. The molecule has 3 atom stereocenters. The third kappa shape index (κ3) is 4.62. The number of hydrogen-bond donors (Lipinski definition) is 1. The normalized spacial score (nSPS) is 27.9. The molecule has 2 aliphatic heterocycles. The molecule has 2 aliphatic rings. The van der Waals surface area contributed by atoms with Gasteiger partial charge < -0.3 is 24.4 Å². The lowest BCUT2D eigenvalue weighted by Gasteiger charge is -2.37. The van der Waals surface area contributed by atoms with E-state index in [1.54, 1.807) is 16.7 Å². The van der Waals surface area contributed by atoms with Gasteiger partial charge in [-0.2, -0.15) is 0 Å². The molecule has 0 aromatic carbocycles. The highest BCUT2D eigenvalue weighted by molar-refractivity contribution is 8.00. The van der Waals surface area contributed by atoms with Crippen LogP contribution in [0.15, 0.2) is 17.3 Å². The molecule has 23 heavy (non-hydrogen) atoms. The molecule has 1 saturated heterocycles. The Hall–Kier alpha value is -0.760. The van der Waals surface area contributed by atoms with E-state index in [1.807, 2.05) is 19.2 Å². The van der Waals surface area contributed by atoms with E-state index in [2.05, 4.69) is 37.6 Å². The van der Waals surface area contributed by atoms with Gasteiger partial charge in [0.15, 0.2) is 0 Å². The molecule has 0 aliphatic carbocycles. The Balaban J connectivity index is 1.98. The van der Waals surface area contributed by atoms with Gasteiger partial charge in [0, 0.05) is 30.6 Å². The monoisotopic (exact) mass is 343 g/mol. The summed E-state index contributed by atoms with van der Waals surface area (Å²) in [6, 6.07) is 0.650. The van der Waals surface area contributed by atoms with Crippen LogP contribution in [0, 0.1) is 0 Å². The quantitative estimate of drug-likeness (QED) is 0.797. The van der Waals surface area contributed by atoms with E-state index in [-0.39, 0.29) is 11.7 Å². The number of aliphatic hydroxyl groups excluding tert-OH is 1. The van der Waals surface area contributed by atoms with Gasteiger partial charge in [0.2, 0.25) is 6.35 Å². The van der Waals surface area contributed by atoms with Crippen LogP contribution in [-0.2, 0) is 9.47 Å². The zero-order valence-electron chi connectivity index (χ0n) is 14.7. The van der Waals surface area contributed by atoms with Crippen molar-refractivity contribution in [2.75, 3.05) is 19.0 Å². The average Bonchev–Trinajstić information content (AvgIpc) is 2.93. The van der Waals surface area contributed by atoms with Crippen LogP contribution in [0.4, 0.5) is 0 Å². The van der Waals surface area contributed by atoms with E-state index in [4.69, 9.17) is 9.47 Å². The Bertz CT molecular complexity index is 434. The van der Waals surface area contributed by atoms with Crippen LogP contribution < -0.4 is 0 Å². The van der Waals surface area contributed by atoms with Crippen molar-refractivity contribution in [3.8, 4) is 0 Å². The van der Waals surface area contributed by atoms with Gasteiger partial charge in [-0.25, -0.2) is 4.99 Å². The van der Waals surface area contributed by atoms with Crippen LogP contribution in [0.3, 0.4) is 0 Å². The molecule has 0 saturated carbocycles. The number of nitrogens with zero attached hydrogens (tertiary/aromatic N) is 3. The van der Waals surface area contributed by atoms with E-state index in [9.17, 15) is 5.11 Å². The van der Waals surface area contributed by atoms with Gasteiger partial charge in [0.25, 0.3) is 0 Å². The number of aliphatic imine (C=N–C) groups is 1. The maximum atomic E-state index is 10.4. The fourth-order valence-corrected chi connectivity index (χ4v) is 3.91. The summed E-state index contributed by atoms with van der Waals surface area (Å²) in [6.07, 6.45) is 2.76. The first-order chi connectivity index (χ1) is 10.9. The van der Waals surface area contributed by atoms with Gasteiger partial charge in [-0.05, 0) is 40.7 Å². The number of ether oxygens (including phenoxy) is 2. The smallest absolute Gasteiger partial charge is 0.229 e. The summed E-state index contributed by atoms with van der Waals surface area (Å²) in [5.41, 5.74) is 0.0220. The van der Waals surface area contributed by atoms with E-state index in [0.29, 0.717) is 25.3 Å². The lowest BCUT2D eigenvalue weighted by atomic mass is 10.2. The third-order valence-corrected chi connectivity index (χ3v) is 4.91. The molecule has 1 unspecified atom stereocenters. The van der Waals surface area contributed by atoms with Crippen LogP contribution in [0.5, 0.6) is 0 Å². The Labute approximate surface area is 143 Å². The molecule has 2 heterocycles. The first kappa shape index (κ1) is 18.6. The number of hydrogen-bond acceptors (Lipinski definition) is 7. The van der Waals surface area contributed by atoms with Crippen molar-refractivity contribution >= 4 is 17.6 Å². The van der Waals surface area contributed by atoms with Gasteiger partial charge in [-0.1, -0.05) is 0 Å². The summed E-state index contributed by atoms with van der Waals surface area (Å²) in [5, 5.41) is 10.4. The van der Waals surface area contributed by atoms with Crippen molar-refractivity contribution < 1.29 is 14.6 Å². The van der Waals surface area contributed by atoms with E-state index < -0.39 is 6.35 Å².